The summed E-state index contributed by atoms with van der Waals surface area (Å²) in [5.74, 6) is 0.289. The van der Waals surface area contributed by atoms with Crippen molar-refractivity contribution < 1.29 is 5.11 Å². The third-order valence-corrected chi connectivity index (χ3v) is 3.60. The Hall–Kier alpha value is -1.86. The fourth-order valence-electron chi connectivity index (χ4n) is 2.75. The van der Waals surface area contributed by atoms with Gasteiger partial charge in [0.15, 0.2) is 0 Å². The number of rotatable bonds is 2. The van der Waals surface area contributed by atoms with Crippen molar-refractivity contribution in [3.05, 3.63) is 70.8 Å². The zero-order chi connectivity index (χ0) is 12.4. The van der Waals surface area contributed by atoms with E-state index < -0.39 is 0 Å². The summed E-state index contributed by atoms with van der Waals surface area (Å²) in [5.41, 5.74) is 5.14. The second kappa shape index (κ2) is 4.79. The summed E-state index contributed by atoms with van der Waals surface area (Å²) in [4.78, 5) is 0. The van der Waals surface area contributed by atoms with E-state index in [1.54, 1.807) is 0 Å². The molecule has 0 heterocycles. The standard InChI is InChI=1S/C17H16O/c18-12-11-17-15-7-3-1-5-13(15)9-10-14-6-2-4-8-16(14)17/h1-10,17-18H,11-12H2. The van der Waals surface area contributed by atoms with Crippen molar-refractivity contribution in [1.29, 1.82) is 0 Å². The molecule has 0 unspecified atom stereocenters. The molecular formula is C17H16O. The minimum absolute atomic E-state index is 0.216. The van der Waals surface area contributed by atoms with Crippen LogP contribution in [0.15, 0.2) is 48.5 Å². The van der Waals surface area contributed by atoms with E-state index in [0.717, 1.165) is 6.42 Å². The second-order valence-corrected chi connectivity index (χ2v) is 4.66. The lowest BCUT2D eigenvalue weighted by Gasteiger charge is -2.19. The fourth-order valence-corrected chi connectivity index (χ4v) is 2.75. The van der Waals surface area contributed by atoms with E-state index in [2.05, 4.69) is 60.7 Å². The van der Waals surface area contributed by atoms with Crippen molar-refractivity contribution in [2.75, 3.05) is 6.61 Å². The average molecular weight is 236 g/mol. The van der Waals surface area contributed by atoms with E-state index >= 15 is 0 Å². The summed E-state index contributed by atoms with van der Waals surface area (Å²) in [5, 5.41) is 9.34. The van der Waals surface area contributed by atoms with Crippen LogP contribution in [0.3, 0.4) is 0 Å². The Morgan fingerprint density at radius 1 is 0.778 bits per heavy atom. The minimum atomic E-state index is 0.216. The van der Waals surface area contributed by atoms with Crippen LogP contribution in [0.5, 0.6) is 0 Å². The molecule has 3 rings (SSSR count). The lowest BCUT2D eigenvalue weighted by Crippen LogP contribution is -2.05. The van der Waals surface area contributed by atoms with Crippen LogP contribution < -0.4 is 0 Å². The molecule has 0 fully saturated rings. The zero-order valence-corrected chi connectivity index (χ0v) is 10.2. The van der Waals surface area contributed by atoms with Gasteiger partial charge in [-0.1, -0.05) is 60.7 Å². The third-order valence-electron chi connectivity index (χ3n) is 3.60. The predicted octanol–water partition coefficient (Wildman–Crippen LogP) is 3.68. The van der Waals surface area contributed by atoms with Gasteiger partial charge >= 0.3 is 0 Å². The van der Waals surface area contributed by atoms with Crippen LogP contribution in [-0.4, -0.2) is 11.7 Å². The van der Waals surface area contributed by atoms with Crippen molar-refractivity contribution >= 4 is 12.2 Å². The summed E-state index contributed by atoms with van der Waals surface area (Å²) < 4.78 is 0. The maximum atomic E-state index is 9.34. The summed E-state index contributed by atoms with van der Waals surface area (Å²) >= 11 is 0. The Labute approximate surface area is 107 Å². The van der Waals surface area contributed by atoms with E-state index in [1.807, 2.05) is 0 Å². The SMILES string of the molecule is OCCC1c2ccccc2C=Cc2ccccc21. The molecule has 0 atom stereocenters. The first kappa shape index (κ1) is 11.2. The van der Waals surface area contributed by atoms with Crippen molar-refractivity contribution in [3.8, 4) is 0 Å². The van der Waals surface area contributed by atoms with E-state index in [4.69, 9.17) is 0 Å². The van der Waals surface area contributed by atoms with Gasteiger partial charge in [0.1, 0.15) is 0 Å². The molecule has 1 aliphatic rings. The Morgan fingerprint density at radius 3 is 1.78 bits per heavy atom. The molecule has 1 aliphatic carbocycles. The zero-order valence-electron chi connectivity index (χ0n) is 10.2. The van der Waals surface area contributed by atoms with Gasteiger partial charge in [-0.15, -0.1) is 0 Å². The highest BCUT2D eigenvalue weighted by Crippen LogP contribution is 2.36. The lowest BCUT2D eigenvalue weighted by atomic mass is 9.85. The van der Waals surface area contributed by atoms with Crippen LogP contribution in [0.25, 0.3) is 12.2 Å². The molecule has 1 nitrogen and oxygen atoms in total. The summed E-state index contributed by atoms with van der Waals surface area (Å²) in [7, 11) is 0. The van der Waals surface area contributed by atoms with Gasteiger partial charge in [0, 0.05) is 12.5 Å². The van der Waals surface area contributed by atoms with E-state index in [1.165, 1.54) is 22.3 Å². The normalized spacial score (nSPS) is 13.8. The van der Waals surface area contributed by atoms with Gasteiger partial charge < -0.3 is 5.11 Å². The molecule has 1 N–H and O–H groups in total. The van der Waals surface area contributed by atoms with E-state index in [-0.39, 0.29) is 12.5 Å². The molecule has 0 radical (unpaired) electrons. The molecule has 2 aromatic carbocycles. The van der Waals surface area contributed by atoms with Gasteiger partial charge in [-0.25, -0.2) is 0 Å². The highest BCUT2D eigenvalue weighted by Gasteiger charge is 2.20. The van der Waals surface area contributed by atoms with Crippen molar-refractivity contribution in [2.45, 2.75) is 12.3 Å². The Morgan fingerprint density at radius 2 is 1.28 bits per heavy atom. The van der Waals surface area contributed by atoms with Gasteiger partial charge in [0.2, 0.25) is 0 Å². The molecule has 18 heavy (non-hydrogen) atoms. The second-order valence-electron chi connectivity index (χ2n) is 4.66. The molecule has 90 valence electrons. The van der Waals surface area contributed by atoms with Gasteiger partial charge in [0.25, 0.3) is 0 Å². The average Bonchev–Trinajstić information content (AvgIpc) is 2.58. The van der Waals surface area contributed by atoms with E-state index in [9.17, 15) is 5.11 Å². The smallest absolute Gasteiger partial charge is 0.0440 e. The van der Waals surface area contributed by atoms with Crippen LogP contribution in [-0.2, 0) is 0 Å². The maximum Gasteiger partial charge on any atom is 0.0440 e. The van der Waals surface area contributed by atoms with Crippen molar-refractivity contribution in [1.82, 2.24) is 0 Å². The number of aliphatic hydroxyl groups is 1. The number of benzene rings is 2. The topological polar surface area (TPSA) is 20.2 Å². The van der Waals surface area contributed by atoms with Crippen LogP contribution in [0.4, 0.5) is 0 Å². The Balaban J connectivity index is 2.20. The first-order chi connectivity index (χ1) is 8.90. The molecule has 0 saturated heterocycles. The molecule has 2 aromatic rings. The molecule has 0 aromatic heterocycles. The monoisotopic (exact) mass is 236 g/mol. The summed E-state index contributed by atoms with van der Waals surface area (Å²) in [6.45, 7) is 0.216. The van der Waals surface area contributed by atoms with Crippen molar-refractivity contribution in [3.63, 3.8) is 0 Å². The minimum Gasteiger partial charge on any atom is -0.396 e. The van der Waals surface area contributed by atoms with Gasteiger partial charge in [0.05, 0.1) is 0 Å². The Bertz CT molecular complexity index is 534. The molecular weight excluding hydrogens is 220 g/mol. The number of aliphatic hydroxyl groups excluding tert-OH is 1. The van der Waals surface area contributed by atoms with Crippen LogP contribution in [0.2, 0.25) is 0 Å². The highest BCUT2D eigenvalue weighted by atomic mass is 16.3. The number of fused-ring (bicyclic) bond motifs is 2. The lowest BCUT2D eigenvalue weighted by molar-refractivity contribution is 0.281. The van der Waals surface area contributed by atoms with Crippen LogP contribution >= 0.6 is 0 Å². The van der Waals surface area contributed by atoms with Crippen LogP contribution in [0, 0.1) is 0 Å². The number of hydrogen-bond donors (Lipinski definition) is 1. The first-order valence-electron chi connectivity index (χ1n) is 6.37. The maximum absolute atomic E-state index is 9.34. The third kappa shape index (κ3) is 1.87. The van der Waals surface area contributed by atoms with Gasteiger partial charge in [-0.3, -0.25) is 0 Å². The first-order valence-corrected chi connectivity index (χ1v) is 6.37. The largest absolute Gasteiger partial charge is 0.396 e. The number of hydrogen-bond acceptors (Lipinski definition) is 1. The summed E-state index contributed by atoms with van der Waals surface area (Å²) in [6, 6.07) is 16.9. The predicted molar refractivity (Wildman–Crippen MR) is 75.4 cm³/mol. The van der Waals surface area contributed by atoms with E-state index in [0.29, 0.717) is 0 Å². The highest BCUT2D eigenvalue weighted by molar-refractivity contribution is 5.76. The fraction of sp³-hybridized carbons (Fsp3) is 0.176. The summed E-state index contributed by atoms with van der Waals surface area (Å²) in [6.07, 6.45) is 5.12. The quantitative estimate of drug-likeness (QED) is 0.843. The molecule has 0 spiro atoms. The van der Waals surface area contributed by atoms with Crippen LogP contribution in [0.1, 0.15) is 34.6 Å². The molecule has 1 heteroatoms. The molecule has 0 amide bonds. The van der Waals surface area contributed by atoms with Crippen molar-refractivity contribution in [2.24, 2.45) is 0 Å². The molecule has 0 aliphatic heterocycles. The van der Waals surface area contributed by atoms with Gasteiger partial charge in [-0.05, 0) is 28.7 Å². The van der Waals surface area contributed by atoms with Gasteiger partial charge in [-0.2, -0.15) is 0 Å². The Kier molecular flexibility index (Phi) is 2.99. The molecule has 0 saturated carbocycles. The molecule has 0 bridgehead atoms.